The van der Waals surface area contributed by atoms with Crippen molar-refractivity contribution in [2.75, 3.05) is 5.32 Å². The molecule has 23 heavy (non-hydrogen) atoms. The van der Waals surface area contributed by atoms with Gasteiger partial charge < -0.3 is 9.88 Å². The van der Waals surface area contributed by atoms with Crippen LogP contribution in [-0.2, 0) is 11.3 Å². The molecule has 1 heterocycles. The number of nitrogens with zero attached hydrogens (tertiary/aromatic N) is 2. The Morgan fingerprint density at radius 2 is 1.96 bits per heavy atom. The van der Waals surface area contributed by atoms with Gasteiger partial charge in [-0.1, -0.05) is 30.3 Å². The standard InChI is InChI=1S/C19H17N3O/c1-13-6-5-7-15(10-13)21-19(23)12-22-14(2)17(11-20)16-8-3-4-9-18(16)22/h3-10H,12H2,1-2H3,(H,21,23). The number of fused-ring (bicyclic) bond motifs is 1. The number of benzene rings is 2. The molecule has 0 aliphatic carbocycles. The second-order valence-electron chi connectivity index (χ2n) is 5.59. The summed E-state index contributed by atoms with van der Waals surface area (Å²) in [5, 5.41) is 13.2. The van der Waals surface area contributed by atoms with Gasteiger partial charge in [-0.3, -0.25) is 4.79 Å². The van der Waals surface area contributed by atoms with E-state index in [-0.39, 0.29) is 12.5 Å². The molecule has 114 valence electrons. The summed E-state index contributed by atoms with van der Waals surface area (Å²) in [7, 11) is 0. The molecule has 4 heteroatoms. The molecule has 3 rings (SSSR count). The summed E-state index contributed by atoms with van der Waals surface area (Å²) < 4.78 is 1.89. The minimum atomic E-state index is -0.107. The number of aromatic nitrogens is 1. The molecule has 0 saturated carbocycles. The molecule has 0 fully saturated rings. The maximum Gasteiger partial charge on any atom is 0.244 e. The number of amides is 1. The fourth-order valence-corrected chi connectivity index (χ4v) is 2.84. The minimum absolute atomic E-state index is 0.107. The van der Waals surface area contributed by atoms with E-state index in [9.17, 15) is 10.1 Å². The highest BCUT2D eigenvalue weighted by Gasteiger charge is 2.15. The number of para-hydroxylation sites is 1. The number of anilines is 1. The number of rotatable bonds is 3. The number of nitriles is 1. The molecule has 4 nitrogen and oxygen atoms in total. The lowest BCUT2D eigenvalue weighted by Gasteiger charge is -2.10. The molecule has 0 aliphatic rings. The molecule has 0 bridgehead atoms. The van der Waals surface area contributed by atoms with E-state index >= 15 is 0 Å². The average Bonchev–Trinajstić information content (AvgIpc) is 2.79. The normalized spacial score (nSPS) is 10.5. The van der Waals surface area contributed by atoms with Crippen LogP contribution in [0.2, 0.25) is 0 Å². The number of aryl methyl sites for hydroxylation is 1. The summed E-state index contributed by atoms with van der Waals surface area (Å²) in [5.74, 6) is -0.107. The first kappa shape index (κ1) is 14.9. The van der Waals surface area contributed by atoms with Crippen LogP contribution in [0.4, 0.5) is 5.69 Å². The molecule has 0 unspecified atom stereocenters. The van der Waals surface area contributed by atoms with Crippen LogP contribution < -0.4 is 5.32 Å². The molecular weight excluding hydrogens is 286 g/mol. The van der Waals surface area contributed by atoms with Gasteiger partial charge in [0.2, 0.25) is 5.91 Å². The van der Waals surface area contributed by atoms with Crippen molar-refractivity contribution >= 4 is 22.5 Å². The molecule has 0 spiro atoms. The monoisotopic (exact) mass is 303 g/mol. The van der Waals surface area contributed by atoms with Crippen molar-refractivity contribution in [2.45, 2.75) is 20.4 Å². The summed E-state index contributed by atoms with van der Waals surface area (Å²) in [5.41, 5.74) is 4.22. The SMILES string of the molecule is Cc1cccc(NC(=O)Cn2c(C)c(C#N)c3ccccc32)c1. The highest BCUT2D eigenvalue weighted by atomic mass is 16.1. The maximum atomic E-state index is 12.4. The number of carbonyl (C=O) groups is 1. The van der Waals surface area contributed by atoms with Crippen molar-refractivity contribution in [2.24, 2.45) is 0 Å². The Morgan fingerprint density at radius 1 is 1.17 bits per heavy atom. The van der Waals surface area contributed by atoms with Crippen LogP contribution in [0.3, 0.4) is 0 Å². The van der Waals surface area contributed by atoms with Gasteiger partial charge >= 0.3 is 0 Å². The molecule has 0 saturated heterocycles. The molecule has 1 aromatic heterocycles. The summed E-state index contributed by atoms with van der Waals surface area (Å²) >= 11 is 0. The van der Waals surface area contributed by atoms with Gasteiger partial charge in [0, 0.05) is 16.8 Å². The van der Waals surface area contributed by atoms with Crippen LogP contribution in [0.5, 0.6) is 0 Å². The van der Waals surface area contributed by atoms with Gasteiger partial charge in [0.05, 0.1) is 11.1 Å². The average molecular weight is 303 g/mol. The Kier molecular flexibility index (Phi) is 3.86. The first-order valence-corrected chi connectivity index (χ1v) is 7.44. The smallest absolute Gasteiger partial charge is 0.244 e. The quantitative estimate of drug-likeness (QED) is 0.800. The van der Waals surface area contributed by atoms with Crippen LogP contribution in [0.15, 0.2) is 48.5 Å². The second kappa shape index (κ2) is 5.98. The zero-order valence-electron chi connectivity index (χ0n) is 13.1. The lowest BCUT2D eigenvalue weighted by molar-refractivity contribution is -0.116. The second-order valence-corrected chi connectivity index (χ2v) is 5.59. The number of hydrogen-bond donors (Lipinski definition) is 1. The third kappa shape index (κ3) is 2.82. The Morgan fingerprint density at radius 3 is 2.70 bits per heavy atom. The molecule has 0 radical (unpaired) electrons. The summed E-state index contributed by atoms with van der Waals surface area (Å²) in [6.45, 7) is 4.04. The van der Waals surface area contributed by atoms with Gasteiger partial charge in [-0.05, 0) is 37.6 Å². The summed E-state index contributed by atoms with van der Waals surface area (Å²) in [6, 6.07) is 17.6. The predicted molar refractivity (Wildman–Crippen MR) is 91.2 cm³/mol. The van der Waals surface area contributed by atoms with Crippen LogP contribution in [0.25, 0.3) is 10.9 Å². The van der Waals surface area contributed by atoms with Crippen LogP contribution in [0, 0.1) is 25.2 Å². The fraction of sp³-hybridized carbons (Fsp3) is 0.158. The van der Waals surface area contributed by atoms with Gasteiger partial charge in [-0.15, -0.1) is 0 Å². The van der Waals surface area contributed by atoms with Crippen molar-refractivity contribution in [3.63, 3.8) is 0 Å². The van der Waals surface area contributed by atoms with E-state index in [0.29, 0.717) is 5.56 Å². The van der Waals surface area contributed by atoms with E-state index in [4.69, 9.17) is 0 Å². The number of nitrogens with one attached hydrogen (secondary N) is 1. The van der Waals surface area contributed by atoms with E-state index in [1.54, 1.807) is 0 Å². The molecule has 3 aromatic rings. The minimum Gasteiger partial charge on any atom is -0.334 e. The molecule has 2 aromatic carbocycles. The number of hydrogen-bond acceptors (Lipinski definition) is 2. The van der Waals surface area contributed by atoms with E-state index in [1.807, 2.05) is 66.9 Å². The maximum absolute atomic E-state index is 12.4. The van der Waals surface area contributed by atoms with Gasteiger partial charge in [0.25, 0.3) is 0 Å². The highest BCUT2D eigenvalue weighted by Crippen LogP contribution is 2.25. The van der Waals surface area contributed by atoms with E-state index in [0.717, 1.165) is 27.8 Å². The molecular formula is C19H17N3O. The third-order valence-corrected chi connectivity index (χ3v) is 3.95. The van der Waals surface area contributed by atoms with E-state index in [1.165, 1.54) is 0 Å². The molecule has 0 aliphatic heterocycles. The van der Waals surface area contributed by atoms with Gasteiger partial charge in [-0.2, -0.15) is 5.26 Å². The highest BCUT2D eigenvalue weighted by molar-refractivity contribution is 5.94. The van der Waals surface area contributed by atoms with Crippen molar-refractivity contribution in [3.8, 4) is 6.07 Å². The summed E-state index contributed by atoms with van der Waals surface area (Å²) in [6.07, 6.45) is 0. The number of carbonyl (C=O) groups excluding carboxylic acids is 1. The van der Waals surface area contributed by atoms with Crippen molar-refractivity contribution in [3.05, 3.63) is 65.4 Å². The summed E-state index contributed by atoms with van der Waals surface area (Å²) in [4.78, 5) is 12.4. The predicted octanol–water partition coefficient (Wildman–Crippen LogP) is 3.77. The topological polar surface area (TPSA) is 57.8 Å². The van der Waals surface area contributed by atoms with Gasteiger partial charge in [-0.25, -0.2) is 0 Å². The Balaban J connectivity index is 1.91. The zero-order valence-corrected chi connectivity index (χ0v) is 13.1. The first-order valence-electron chi connectivity index (χ1n) is 7.44. The Bertz CT molecular complexity index is 931. The van der Waals surface area contributed by atoms with Crippen molar-refractivity contribution in [1.82, 2.24) is 4.57 Å². The Hall–Kier alpha value is -3.06. The zero-order chi connectivity index (χ0) is 16.4. The molecule has 1 amide bonds. The fourth-order valence-electron chi connectivity index (χ4n) is 2.84. The lowest BCUT2D eigenvalue weighted by Crippen LogP contribution is -2.19. The largest absolute Gasteiger partial charge is 0.334 e. The van der Waals surface area contributed by atoms with Crippen molar-refractivity contribution in [1.29, 1.82) is 5.26 Å². The lowest BCUT2D eigenvalue weighted by atomic mass is 10.1. The van der Waals surface area contributed by atoms with Crippen LogP contribution in [0.1, 0.15) is 16.8 Å². The van der Waals surface area contributed by atoms with E-state index < -0.39 is 0 Å². The molecule has 0 atom stereocenters. The van der Waals surface area contributed by atoms with Crippen LogP contribution >= 0.6 is 0 Å². The first-order chi connectivity index (χ1) is 11.1. The Labute approximate surface area is 135 Å². The third-order valence-electron chi connectivity index (χ3n) is 3.95. The van der Waals surface area contributed by atoms with Gasteiger partial charge in [0.15, 0.2) is 0 Å². The van der Waals surface area contributed by atoms with Gasteiger partial charge in [0.1, 0.15) is 12.6 Å². The van der Waals surface area contributed by atoms with E-state index in [2.05, 4.69) is 11.4 Å². The van der Waals surface area contributed by atoms with Crippen molar-refractivity contribution < 1.29 is 4.79 Å². The molecule has 1 N–H and O–H groups in total. The van der Waals surface area contributed by atoms with Crippen LogP contribution in [-0.4, -0.2) is 10.5 Å².